The smallest absolute Gasteiger partial charge is 0.165 e. The van der Waals surface area contributed by atoms with Crippen LogP contribution in [0.2, 0.25) is 0 Å². The lowest BCUT2D eigenvalue weighted by molar-refractivity contribution is 0.339. The van der Waals surface area contributed by atoms with Crippen LogP contribution in [0.1, 0.15) is 0 Å². The summed E-state index contributed by atoms with van der Waals surface area (Å²) in [5.74, 6) is 0.403. The Kier molecular flexibility index (Phi) is 3.17. The summed E-state index contributed by atoms with van der Waals surface area (Å²) in [6, 6.07) is 3.97. The molecule has 0 saturated heterocycles. The molecule has 66 valence electrons. The van der Waals surface area contributed by atoms with Crippen molar-refractivity contribution < 1.29 is 13.9 Å². The van der Waals surface area contributed by atoms with Gasteiger partial charge in [0.15, 0.2) is 17.6 Å². The topological polar surface area (TPSA) is 18.5 Å². The van der Waals surface area contributed by atoms with Gasteiger partial charge in [-0.2, -0.15) is 0 Å². The molecule has 4 heteroatoms. The van der Waals surface area contributed by atoms with Crippen LogP contribution in [-0.4, -0.2) is 13.2 Å². The first-order chi connectivity index (χ1) is 5.77. The third-order valence-corrected chi connectivity index (χ3v) is 1.44. The Morgan fingerprint density at radius 1 is 1.42 bits per heavy atom. The number of hydrogen-bond donors (Lipinski definition) is 0. The van der Waals surface area contributed by atoms with Crippen molar-refractivity contribution in [3.63, 3.8) is 0 Å². The molecule has 0 N–H and O–H groups in total. The average molecular weight is 191 g/mol. The fourth-order valence-corrected chi connectivity index (χ4v) is 0.940. The molecule has 0 fully saturated rings. The number of methoxy groups -OCH3 is 1. The quantitative estimate of drug-likeness (QED) is 0.682. The third-order valence-electron chi connectivity index (χ3n) is 1.34. The highest BCUT2D eigenvalue weighted by molar-refractivity contribution is 6.17. The Morgan fingerprint density at radius 2 is 2.17 bits per heavy atom. The van der Waals surface area contributed by atoms with Crippen LogP contribution in [0.15, 0.2) is 18.2 Å². The molecule has 0 atom stereocenters. The van der Waals surface area contributed by atoms with Gasteiger partial charge in [-0.05, 0) is 12.1 Å². The van der Waals surface area contributed by atoms with Crippen LogP contribution in [0.25, 0.3) is 0 Å². The number of alkyl halides is 1. The molecule has 1 aromatic carbocycles. The molecule has 1 aromatic rings. The SMILES string of the molecule is COc1ccc(F)cc1OCCl. The normalized spacial score (nSPS) is 9.58. The van der Waals surface area contributed by atoms with Gasteiger partial charge in [-0.3, -0.25) is 0 Å². The van der Waals surface area contributed by atoms with Gasteiger partial charge in [-0.15, -0.1) is 0 Å². The van der Waals surface area contributed by atoms with Gasteiger partial charge >= 0.3 is 0 Å². The van der Waals surface area contributed by atoms with Crippen molar-refractivity contribution >= 4 is 11.6 Å². The Labute approximate surface area is 74.9 Å². The highest BCUT2D eigenvalue weighted by atomic mass is 35.5. The van der Waals surface area contributed by atoms with Crippen LogP contribution in [0.4, 0.5) is 4.39 Å². The van der Waals surface area contributed by atoms with Crippen LogP contribution in [0.5, 0.6) is 11.5 Å². The van der Waals surface area contributed by atoms with Gasteiger partial charge < -0.3 is 9.47 Å². The molecule has 0 aliphatic heterocycles. The Hall–Kier alpha value is -0.960. The van der Waals surface area contributed by atoms with Crippen LogP contribution in [0.3, 0.4) is 0 Å². The van der Waals surface area contributed by atoms with E-state index >= 15 is 0 Å². The molecule has 0 aliphatic carbocycles. The Morgan fingerprint density at radius 3 is 2.75 bits per heavy atom. The minimum atomic E-state index is -0.379. The van der Waals surface area contributed by atoms with Crippen LogP contribution >= 0.6 is 11.6 Å². The van der Waals surface area contributed by atoms with Crippen molar-refractivity contribution in [2.75, 3.05) is 13.2 Å². The predicted molar refractivity (Wildman–Crippen MR) is 44.3 cm³/mol. The zero-order valence-corrected chi connectivity index (χ0v) is 7.27. The fraction of sp³-hybridized carbons (Fsp3) is 0.250. The summed E-state index contributed by atoms with van der Waals surface area (Å²) in [5.41, 5.74) is 0. The van der Waals surface area contributed by atoms with E-state index in [1.54, 1.807) is 0 Å². The van der Waals surface area contributed by atoms with E-state index in [-0.39, 0.29) is 11.9 Å². The van der Waals surface area contributed by atoms with Crippen LogP contribution < -0.4 is 9.47 Å². The zero-order valence-electron chi connectivity index (χ0n) is 6.51. The second kappa shape index (κ2) is 4.16. The Balaban J connectivity index is 2.95. The summed E-state index contributed by atoms with van der Waals surface area (Å²) < 4.78 is 22.4. The maximum absolute atomic E-state index is 12.6. The van der Waals surface area contributed by atoms with E-state index in [4.69, 9.17) is 21.1 Å². The van der Waals surface area contributed by atoms with E-state index in [0.717, 1.165) is 0 Å². The molecular weight excluding hydrogens is 183 g/mol. The molecule has 0 radical (unpaired) electrons. The first-order valence-electron chi connectivity index (χ1n) is 3.30. The minimum absolute atomic E-state index is 0.0280. The van der Waals surface area contributed by atoms with Gasteiger partial charge in [0.2, 0.25) is 0 Å². The van der Waals surface area contributed by atoms with Crippen LogP contribution in [0, 0.1) is 5.82 Å². The van der Waals surface area contributed by atoms with Gasteiger partial charge in [-0.25, -0.2) is 4.39 Å². The summed E-state index contributed by atoms with van der Waals surface area (Å²) in [5, 5.41) is 0. The van der Waals surface area contributed by atoms with Crippen molar-refractivity contribution in [1.29, 1.82) is 0 Å². The van der Waals surface area contributed by atoms with Crippen molar-refractivity contribution in [2.45, 2.75) is 0 Å². The number of rotatable bonds is 3. The molecule has 0 bridgehead atoms. The average Bonchev–Trinajstić information content (AvgIpc) is 2.05. The van der Waals surface area contributed by atoms with Crippen molar-refractivity contribution in [3.8, 4) is 11.5 Å². The van der Waals surface area contributed by atoms with Crippen molar-refractivity contribution in [2.24, 2.45) is 0 Å². The molecule has 12 heavy (non-hydrogen) atoms. The van der Waals surface area contributed by atoms with E-state index in [0.29, 0.717) is 11.5 Å². The highest BCUT2D eigenvalue weighted by Gasteiger charge is 2.04. The molecule has 1 rings (SSSR count). The van der Waals surface area contributed by atoms with E-state index in [2.05, 4.69) is 0 Å². The van der Waals surface area contributed by atoms with E-state index in [1.165, 1.54) is 25.3 Å². The summed E-state index contributed by atoms with van der Waals surface area (Å²) >= 11 is 5.32. The van der Waals surface area contributed by atoms with Crippen LogP contribution in [-0.2, 0) is 0 Å². The second-order valence-electron chi connectivity index (χ2n) is 2.05. The van der Waals surface area contributed by atoms with Gasteiger partial charge in [0.1, 0.15) is 5.82 Å². The first kappa shape index (κ1) is 9.13. The number of benzene rings is 1. The predicted octanol–water partition coefficient (Wildman–Crippen LogP) is 2.41. The summed E-state index contributed by atoms with van der Waals surface area (Å²) in [6.45, 7) is 0. The molecule has 0 aliphatic rings. The summed E-state index contributed by atoms with van der Waals surface area (Å²) in [4.78, 5) is 0. The Bertz CT molecular complexity index is 265. The van der Waals surface area contributed by atoms with Crippen molar-refractivity contribution in [1.82, 2.24) is 0 Å². The van der Waals surface area contributed by atoms with Crippen molar-refractivity contribution in [3.05, 3.63) is 24.0 Å². The molecule has 0 aromatic heterocycles. The third kappa shape index (κ3) is 2.01. The minimum Gasteiger partial charge on any atom is -0.493 e. The lowest BCUT2D eigenvalue weighted by Gasteiger charge is -2.07. The molecule has 0 saturated carbocycles. The lowest BCUT2D eigenvalue weighted by Crippen LogP contribution is -1.94. The summed E-state index contributed by atoms with van der Waals surface area (Å²) in [6.07, 6.45) is 0. The first-order valence-corrected chi connectivity index (χ1v) is 3.83. The number of halogens is 2. The number of hydrogen-bond acceptors (Lipinski definition) is 2. The highest BCUT2D eigenvalue weighted by Crippen LogP contribution is 2.27. The van der Waals surface area contributed by atoms with Gasteiger partial charge in [0.05, 0.1) is 7.11 Å². The van der Waals surface area contributed by atoms with E-state index < -0.39 is 0 Å². The molecule has 0 spiro atoms. The van der Waals surface area contributed by atoms with Gasteiger partial charge in [0, 0.05) is 6.07 Å². The fourth-order valence-electron chi connectivity index (χ4n) is 0.822. The molecule has 2 nitrogen and oxygen atoms in total. The summed E-state index contributed by atoms with van der Waals surface area (Å²) in [7, 11) is 1.48. The molecular formula is C8H8ClFO2. The maximum atomic E-state index is 12.6. The zero-order chi connectivity index (χ0) is 8.97. The lowest BCUT2D eigenvalue weighted by atomic mass is 10.3. The van der Waals surface area contributed by atoms with E-state index in [9.17, 15) is 4.39 Å². The number of ether oxygens (including phenoxy) is 2. The van der Waals surface area contributed by atoms with Gasteiger partial charge in [-0.1, -0.05) is 11.6 Å². The standard InChI is InChI=1S/C8H8ClFO2/c1-11-7-3-2-6(10)4-8(7)12-5-9/h2-4H,5H2,1H3. The largest absolute Gasteiger partial charge is 0.493 e. The monoisotopic (exact) mass is 190 g/mol. The second-order valence-corrected chi connectivity index (χ2v) is 2.27. The van der Waals surface area contributed by atoms with E-state index in [1.807, 2.05) is 0 Å². The van der Waals surface area contributed by atoms with Gasteiger partial charge in [0.25, 0.3) is 0 Å². The molecule has 0 heterocycles. The molecule has 0 amide bonds. The maximum Gasteiger partial charge on any atom is 0.165 e. The molecule has 0 unspecified atom stereocenters.